The number of fused-ring (bicyclic) bond motifs is 1. The Hall–Kier alpha value is -6.19. The van der Waals surface area contributed by atoms with Gasteiger partial charge in [0.1, 0.15) is 42.1 Å². The van der Waals surface area contributed by atoms with Crippen molar-refractivity contribution in [1.82, 2.24) is 15.2 Å². The number of benzene rings is 3. The number of thiazole rings is 1. The van der Waals surface area contributed by atoms with Gasteiger partial charge in [0.25, 0.3) is 11.8 Å². The van der Waals surface area contributed by atoms with Gasteiger partial charge in [-0.25, -0.2) is 14.3 Å². The van der Waals surface area contributed by atoms with E-state index in [9.17, 15) is 19.5 Å². The van der Waals surface area contributed by atoms with Crippen LogP contribution in [0.2, 0.25) is 0 Å². The van der Waals surface area contributed by atoms with E-state index in [1.54, 1.807) is 17.6 Å². The van der Waals surface area contributed by atoms with Gasteiger partial charge in [-0.05, 0) is 29.7 Å². The monoisotopic (exact) mass is 777 g/mol. The Morgan fingerprint density at radius 2 is 1.60 bits per heavy atom. The van der Waals surface area contributed by atoms with Crippen LogP contribution < -0.4 is 19.9 Å². The molecule has 2 aliphatic heterocycles. The van der Waals surface area contributed by atoms with E-state index in [1.807, 2.05) is 78.4 Å². The van der Waals surface area contributed by atoms with Crippen LogP contribution in [0, 0.1) is 0 Å². The van der Waals surface area contributed by atoms with Gasteiger partial charge in [0.2, 0.25) is 13.0 Å². The van der Waals surface area contributed by atoms with E-state index >= 15 is 0 Å². The first-order valence-corrected chi connectivity index (χ1v) is 19.2. The van der Waals surface area contributed by atoms with Crippen molar-refractivity contribution in [3.05, 3.63) is 155 Å². The molecule has 15 heteroatoms. The third-order valence-electron chi connectivity index (χ3n) is 9.14. The van der Waals surface area contributed by atoms with Crippen molar-refractivity contribution in [2.75, 3.05) is 25.0 Å². The fraction of sp³-hybridized carbons (Fsp3) is 0.200. The smallest absolute Gasteiger partial charge is 0.356 e. The molecule has 1 fully saturated rings. The van der Waals surface area contributed by atoms with E-state index in [4.69, 9.17) is 19.3 Å². The van der Waals surface area contributed by atoms with Crippen molar-refractivity contribution in [3.63, 3.8) is 0 Å². The van der Waals surface area contributed by atoms with Crippen molar-refractivity contribution in [2.45, 2.75) is 30.4 Å². The summed E-state index contributed by atoms with van der Waals surface area (Å²) in [4.78, 5) is 50.6. The van der Waals surface area contributed by atoms with E-state index in [0.717, 1.165) is 28.1 Å². The molecule has 7 rings (SSSR count). The molecule has 280 valence electrons. The molecule has 13 nitrogen and oxygen atoms in total. The molecule has 3 aromatic carbocycles. The summed E-state index contributed by atoms with van der Waals surface area (Å²) in [5, 5.41) is 22.0. The number of pyridine rings is 1. The number of aliphatic carboxylic acids is 1. The highest BCUT2D eigenvalue weighted by atomic mass is 32.2. The molecule has 1 saturated heterocycles. The van der Waals surface area contributed by atoms with Gasteiger partial charge in [0.15, 0.2) is 28.5 Å². The van der Waals surface area contributed by atoms with Gasteiger partial charge in [-0.15, -0.1) is 23.1 Å². The molecule has 0 spiro atoms. The molecule has 0 radical (unpaired) electrons. The Bertz CT molecular complexity index is 2140. The maximum Gasteiger partial charge on any atom is 0.356 e. The highest BCUT2D eigenvalue weighted by Gasteiger charge is 2.55. The molecule has 3 N–H and O–H groups in total. The molecule has 0 saturated carbocycles. The zero-order valence-electron chi connectivity index (χ0n) is 29.8. The number of hydrogen-bond donors (Lipinski definition) is 3. The van der Waals surface area contributed by atoms with E-state index in [0.29, 0.717) is 10.9 Å². The summed E-state index contributed by atoms with van der Waals surface area (Å²) in [6.07, 6.45) is 3.69. The summed E-state index contributed by atoms with van der Waals surface area (Å²) in [6, 6.07) is 32.6. The third kappa shape index (κ3) is 7.48. The zero-order valence-corrected chi connectivity index (χ0v) is 31.5. The number of nitrogens with zero attached hydrogens (tertiary/aromatic N) is 4. The van der Waals surface area contributed by atoms with Crippen LogP contribution in [0.1, 0.15) is 29.3 Å². The second-order valence-electron chi connectivity index (χ2n) is 12.3. The molecular formula is C40H37N6O7S2+. The number of carboxylic acids is 1. The summed E-state index contributed by atoms with van der Waals surface area (Å²) in [6.45, 7) is 2.49. The quantitative estimate of drug-likeness (QED) is 0.0332. The lowest BCUT2D eigenvalue weighted by Gasteiger charge is -2.48. The minimum Gasteiger partial charge on any atom is -0.476 e. The summed E-state index contributed by atoms with van der Waals surface area (Å²) < 4.78 is 13.3. The Morgan fingerprint density at radius 3 is 2.18 bits per heavy atom. The molecule has 0 aliphatic carbocycles. The van der Waals surface area contributed by atoms with E-state index in [1.165, 1.54) is 30.2 Å². The number of aryl methyl sites for hydroxylation is 1. The topological polar surface area (TPSA) is 156 Å². The van der Waals surface area contributed by atoms with Crippen LogP contribution in [0.5, 0.6) is 5.75 Å². The Balaban J connectivity index is 1.09. The summed E-state index contributed by atoms with van der Waals surface area (Å²) >= 11 is 2.55. The number of anilines is 1. The van der Waals surface area contributed by atoms with Crippen LogP contribution in [0.25, 0.3) is 0 Å². The summed E-state index contributed by atoms with van der Waals surface area (Å²) in [7, 11) is 1.31. The lowest BCUT2D eigenvalue weighted by atomic mass is 9.77. The van der Waals surface area contributed by atoms with Crippen molar-refractivity contribution in [1.29, 1.82) is 0 Å². The predicted octanol–water partition coefficient (Wildman–Crippen LogP) is 4.95. The average Bonchev–Trinajstić information content (AvgIpc) is 3.69. The molecule has 2 aliphatic rings. The number of rotatable bonds is 15. The highest BCUT2D eigenvalue weighted by molar-refractivity contribution is 8.00. The van der Waals surface area contributed by atoms with Crippen molar-refractivity contribution in [2.24, 2.45) is 5.16 Å². The molecule has 0 bridgehead atoms. The SMILES string of the molecule is CC[n+]1cccc(OCOC2=C(C(=O)O)N3C(=O)[C@@H](NC(=O)/C(=N\OC)c4csc(NC(c5ccccc5)(c5ccccc5)c5ccccc5)n4)[C@H]3SC2)c1. The standard InChI is InChI=1S/C40H36N6O7S2/c1-3-45-21-13-20-29(22-45)52-25-53-31-24-54-37-33(36(48)46(37)34(31)38(49)50)42-35(47)32(44-51-2)30-23-55-39(41-30)43-40(26-14-7-4-8-15-26,27-16-9-5-10-17-27)28-18-11-6-12-19-28/h4-23,33,37H,3,24-25H2,1-2H3,(H2-,41,42,43,47,49,50)/p+1/b44-32-/t33-,37-/m1/s1. The number of carbonyl (C=O) groups is 3. The van der Waals surface area contributed by atoms with Crippen LogP contribution in [0.4, 0.5) is 5.13 Å². The third-order valence-corrected chi connectivity index (χ3v) is 11.1. The van der Waals surface area contributed by atoms with Crippen molar-refractivity contribution in [3.8, 4) is 5.75 Å². The van der Waals surface area contributed by atoms with Gasteiger partial charge in [-0.2, -0.15) is 0 Å². The number of thioether (sulfide) groups is 1. The number of ether oxygens (including phenoxy) is 2. The number of nitrogens with one attached hydrogen (secondary N) is 2. The van der Waals surface area contributed by atoms with E-state index in [-0.39, 0.29) is 35.4 Å². The minimum absolute atomic E-state index is 0.0906. The van der Waals surface area contributed by atoms with Crippen LogP contribution in [-0.2, 0) is 36.0 Å². The molecule has 5 aromatic rings. The number of carbonyl (C=O) groups excluding carboxylic acids is 2. The molecule has 2 aromatic heterocycles. The minimum atomic E-state index is -1.33. The summed E-state index contributed by atoms with van der Waals surface area (Å²) in [5.74, 6) is -1.86. The van der Waals surface area contributed by atoms with E-state index < -0.39 is 34.7 Å². The van der Waals surface area contributed by atoms with Crippen LogP contribution in [0.3, 0.4) is 0 Å². The van der Waals surface area contributed by atoms with Gasteiger partial charge in [0, 0.05) is 11.4 Å². The van der Waals surface area contributed by atoms with Gasteiger partial charge in [0.05, 0.1) is 5.75 Å². The van der Waals surface area contributed by atoms with Crippen LogP contribution >= 0.6 is 23.1 Å². The fourth-order valence-electron chi connectivity index (χ4n) is 6.54. The lowest BCUT2D eigenvalue weighted by Crippen LogP contribution is -2.71. The maximum absolute atomic E-state index is 13.8. The molecule has 4 heterocycles. The molecule has 2 amide bonds. The molecule has 55 heavy (non-hydrogen) atoms. The van der Waals surface area contributed by atoms with Gasteiger partial charge < -0.3 is 30.1 Å². The van der Waals surface area contributed by atoms with Gasteiger partial charge in [-0.3, -0.25) is 14.5 Å². The molecular weight excluding hydrogens is 741 g/mol. The lowest BCUT2D eigenvalue weighted by molar-refractivity contribution is -0.693. The first kappa shape index (κ1) is 37.1. The number of carboxylic acid groups (broad SMARTS) is 1. The van der Waals surface area contributed by atoms with Crippen LogP contribution in [-0.4, -0.2) is 69.6 Å². The average molecular weight is 778 g/mol. The van der Waals surface area contributed by atoms with Crippen LogP contribution in [0.15, 0.2) is 138 Å². The second kappa shape index (κ2) is 16.4. The maximum atomic E-state index is 13.8. The molecule has 2 atom stereocenters. The van der Waals surface area contributed by atoms with Gasteiger partial charge >= 0.3 is 5.97 Å². The Labute approximate surface area is 325 Å². The number of β-lactam (4-membered cyclic amide) rings is 1. The Kier molecular flexibility index (Phi) is 11.1. The number of oxime groups is 1. The fourth-order valence-corrected chi connectivity index (χ4v) is 8.56. The second-order valence-corrected chi connectivity index (χ2v) is 14.3. The van der Waals surface area contributed by atoms with E-state index in [2.05, 4.69) is 52.2 Å². The number of amides is 2. The largest absolute Gasteiger partial charge is 0.476 e. The normalized spacial score (nSPS) is 16.8. The van der Waals surface area contributed by atoms with Crippen molar-refractivity contribution >= 4 is 51.7 Å². The molecule has 0 unspecified atom stereocenters. The zero-order chi connectivity index (χ0) is 38.4. The summed E-state index contributed by atoms with van der Waals surface area (Å²) in [5.41, 5.74) is 1.85. The Morgan fingerprint density at radius 1 is 0.964 bits per heavy atom. The van der Waals surface area contributed by atoms with Gasteiger partial charge in [-0.1, -0.05) is 96.2 Å². The highest BCUT2D eigenvalue weighted by Crippen LogP contribution is 2.42. The van der Waals surface area contributed by atoms with Crippen molar-refractivity contribution < 1.29 is 38.4 Å². The predicted molar refractivity (Wildman–Crippen MR) is 207 cm³/mol. The number of hydrogen-bond acceptors (Lipinski definition) is 11. The first-order valence-electron chi connectivity index (χ1n) is 17.3. The first-order chi connectivity index (χ1) is 26.8. The number of aromatic nitrogens is 2.